The minimum atomic E-state index is -0.189. The summed E-state index contributed by atoms with van der Waals surface area (Å²) in [5.74, 6) is 0.369. The van der Waals surface area contributed by atoms with Gasteiger partial charge in [0.25, 0.3) is 0 Å². The molecular weight excluding hydrogens is 310 g/mol. The van der Waals surface area contributed by atoms with Crippen molar-refractivity contribution in [2.24, 2.45) is 5.92 Å². The highest BCUT2D eigenvalue weighted by Crippen LogP contribution is 2.20. The molecule has 7 heteroatoms. The Hall–Kier alpha value is -0.850. The molecule has 0 radical (unpaired) electrons. The van der Waals surface area contributed by atoms with Crippen LogP contribution in [0, 0.1) is 5.92 Å². The minimum Gasteiger partial charge on any atom is -0.449 e. The van der Waals surface area contributed by atoms with E-state index in [0.717, 1.165) is 37.5 Å². The number of halogens is 1. The van der Waals surface area contributed by atoms with Gasteiger partial charge in [0.15, 0.2) is 4.47 Å². The Morgan fingerprint density at radius 3 is 2.90 bits per heavy atom. The number of hydrogen-bond donors (Lipinski definition) is 0. The number of aromatic nitrogens is 1. The summed E-state index contributed by atoms with van der Waals surface area (Å²) in [4.78, 5) is 21.3. The fourth-order valence-corrected chi connectivity index (χ4v) is 3.24. The largest absolute Gasteiger partial charge is 0.449 e. The molecule has 1 amide bonds. The maximum absolute atomic E-state index is 12.0. The van der Waals surface area contributed by atoms with E-state index in [0.29, 0.717) is 23.5 Å². The Morgan fingerprint density at radius 1 is 1.43 bits per heavy atom. The third-order valence-corrected chi connectivity index (χ3v) is 4.39. The predicted octanol–water partition coefficient (Wildman–Crippen LogP) is 3.10. The van der Waals surface area contributed by atoms with E-state index in [1.165, 1.54) is 11.3 Å². The van der Waals surface area contributed by atoms with Gasteiger partial charge in [-0.3, -0.25) is 4.90 Å². The first kappa shape index (κ1) is 16.5. The zero-order chi connectivity index (χ0) is 15.2. The Labute approximate surface area is 134 Å². The van der Waals surface area contributed by atoms with Crippen molar-refractivity contribution in [3.63, 3.8) is 0 Å². The summed E-state index contributed by atoms with van der Waals surface area (Å²) >= 11 is 7.37. The van der Waals surface area contributed by atoms with Crippen molar-refractivity contribution in [1.29, 1.82) is 0 Å². The first-order valence-electron chi connectivity index (χ1n) is 7.29. The van der Waals surface area contributed by atoms with E-state index in [-0.39, 0.29) is 6.09 Å². The van der Waals surface area contributed by atoms with Crippen LogP contribution in [0.1, 0.15) is 25.1 Å². The molecule has 1 aromatic rings. The van der Waals surface area contributed by atoms with Crippen molar-refractivity contribution >= 4 is 29.0 Å². The summed E-state index contributed by atoms with van der Waals surface area (Å²) in [5.41, 5.74) is 0. The van der Waals surface area contributed by atoms with Crippen LogP contribution in [0.4, 0.5) is 4.79 Å². The summed E-state index contributed by atoms with van der Waals surface area (Å²) in [5, 5.41) is 0. The lowest BCUT2D eigenvalue weighted by Crippen LogP contribution is -2.36. The number of ether oxygens (including phenoxy) is 1. The van der Waals surface area contributed by atoms with E-state index in [2.05, 4.69) is 9.88 Å². The topological polar surface area (TPSA) is 45.7 Å². The molecule has 1 aliphatic rings. The van der Waals surface area contributed by atoms with Gasteiger partial charge in [-0.25, -0.2) is 9.78 Å². The van der Waals surface area contributed by atoms with Crippen LogP contribution in [0.25, 0.3) is 0 Å². The van der Waals surface area contributed by atoms with Crippen molar-refractivity contribution in [3.05, 3.63) is 15.5 Å². The summed E-state index contributed by atoms with van der Waals surface area (Å²) in [6.07, 6.45) is 2.60. The molecule has 0 atom stereocenters. The highest BCUT2D eigenvalue weighted by Gasteiger charge is 2.20. The van der Waals surface area contributed by atoms with Gasteiger partial charge in [-0.2, -0.15) is 0 Å². The first-order chi connectivity index (χ1) is 10.0. The van der Waals surface area contributed by atoms with Gasteiger partial charge >= 0.3 is 6.09 Å². The van der Waals surface area contributed by atoms with Crippen molar-refractivity contribution in [2.75, 3.05) is 32.8 Å². The standard InChI is InChI=1S/C14H22ClN3O2S/c1-11(2)10-20-14(19)18-5-3-4-17(6-7-18)9-12-8-16-13(15)21-12/h8,11H,3-7,9-10H2,1-2H3. The number of nitrogens with zero attached hydrogens (tertiary/aromatic N) is 3. The fourth-order valence-electron chi connectivity index (χ4n) is 2.22. The molecule has 1 aliphatic heterocycles. The monoisotopic (exact) mass is 331 g/mol. The molecular formula is C14H22ClN3O2S. The number of rotatable bonds is 4. The Kier molecular flexibility index (Phi) is 6.26. The minimum absolute atomic E-state index is 0.189. The molecule has 0 spiro atoms. The second kappa shape index (κ2) is 7.96. The van der Waals surface area contributed by atoms with E-state index in [1.54, 1.807) is 0 Å². The van der Waals surface area contributed by atoms with Crippen molar-refractivity contribution in [3.8, 4) is 0 Å². The molecule has 0 aromatic carbocycles. The van der Waals surface area contributed by atoms with E-state index < -0.39 is 0 Å². The predicted molar refractivity (Wildman–Crippen MR) is 84.8 cm³/mol. The first-order valence-corrected chi connectivity index (χ1v) is 8.48. The third-order valence-electron chi connectivity index (χ3n) is 3.29. The van der Waals surface area contributed by atoms with E-state index in [4.69, 9.17) is 16.3 Å². The second-order valence-corrected chi connectivity index (χ2v) is 7.36. The Bertz CT molecular complexity index is 467. The molecule has 1 fully saturated rings. The molecule has 0 unspecified atom stereocenters. The van der Waals surface area contributed by atoms with Crippen molar-refractivity contribution in [2.45, 2.75) is 26.8 Å². The lowest BCUT2D eigenvalue weighted by atomic mass is 10.2. The summed E-state index contributed by atoms with van der Waals surface area (Å²) in [7, 11) is 0. The highest BCUT2D eigenvalue weighted by molar-refractivity contribution is 7.15. The molecule has 5 nitrogen and oxygen atoms in total. The van der Waals surface area contributed by atoms with Gasteiger partial charge in [-0.05, 0) is 12.3 Å². The van der Waals surface area contributed by atoms with E-state index >= 15 is 0 Å². The van der Waals surface area contributed by atoms with Crippen molar-refractivity contribution in [1.82, 2.24) is 14.8 Å². The van der Waals surface area contributed by atoms with Crippen LogP contribution >= 0.6 is 22.9 Å². The lowest BCUT2D eigenvalue weighted by molar-refractivity contribution is 0.0930. The van der Waals surface area contributed by atoms with Crippen LogP contribution in [-0.2, 0) is 11.3 Å². The molecule has 118 valence electrons. The quantitative estimate of drug-likeness (QED) is 0.850. The SMILES string of the molecule is CC(C)COC(=O)N1CCCN(Cc2cnc(Cl)s2)CC1. The van der Waals surface area contributed by atoms with Gasteiger partial charge in [-0.15, -0.1) is 11.3 Å². The molecule has 1 saturated heterocycles. The number of amides is 1. The van der Waals surface area contributed by atoms with Gasteiger partial charge in [0.2, 0.25) is 0 Å². The van der Waals surface area contributed by atoms with Gasteiger partial charge in [-0.1, -0.05) is 25.4 Å². The molecule has 2 heterocycles. The third kappa shape index (κ3) is 5.45. The molecule has 0 saturated carbocycles. The van der Waals surface area contributed by atoms with Gasteiger partial charge in [0, 0.05) is 43.8 Å². The van der Waals surface area contributed by atoms with Crippen LogP contribution in [0.5, 0.6) is 0 Å². The zero-order valence-electron chi connectivity index (χ0n) is 12.5. The molecule has 1 aromatic heterocycles. The van der Waals surface area contributed by atoms with Crippen LogP contribution in [-0.4, -0.2) is 53.7 Å². The smallest absolute Gasteiger partial charge is 0.409 e. The summed E-state index contributed by atoms with van der Waals surface area (Å²) < 4.78 is 5.88. The number of hydrogen-bond acceptors (Lipinski definition) is 5. The van der Waals surface area contributed by atoms with Gasteiger partial charge in [0.05, 0.1) is 6.61 Å². The average Bonchev–Trinajstić information content (AvgIpc) is 2.71. The molecule has 2 rings (SSSR count). The summed E-state index contributed by atoms with van der Waals surface area (Å²) in [6, 6.07) is 0. The number of carbonyl (C=O) groups is 1. The van der Waals surface area contributed by atoms with Crippen molar-refractivity contribution < 1.29 is 9.53 Å². The number of thiazole rings is 1. The molecule has 0 bridgehead atoms. The Morgan fingerprint density at radius 2 is 2.24 bits per heavy atom. The highest BCUT2D eigenvalue weighted by atomic mass is 35.5. The average molecular weight is 332 g/mol. The Balaban J connectivity index is 1.80. The maximum atomic E-state index is 12.0. The maximum Gasteiger partial charge on any atom is 0.409 e. The van der Waals surface area contributed by atoms with E-state index in [9.17, 15) is 4.79 Å². The fraction of sp³-hybridized carbons (Fsp3) is 0.714. The number of carbonyl (C=O) groups excluding carboxylic acids is 1. The van der Waals surface area contributed by atoms with Gasteiger partial charge < -0.3 is 9.64 Å². The van der Waals surface area contributed by atoms with Crippen LogP contribution in [0.2, 0.25) is 4.47 Å². The second-order valence-electron chi connectivity index (χ2n) is 5.67. The van der Waals surface area contributed by atoms with Crippen LogP contribution in [0.15, 0.2) is 6.20 Å². The van der Waals surface area contributed by atoms with Gasteiger partial charge in [0.1, 0.15) is 0 Å². The lowest BCUT2D eigenvalue weighted by Gasteiger charge is -2.21. The molecule has 0 aliphatic carbocycles. The molecule has 0 N–H and O–H groups in total. The van der Waals surface area contributed by atoms with Crippen LogP contribution < -0.4 is 0 Å². The zero-order valence-corrected chi connectivity index (χ0v) is 14.1. The normalized spacial score (nSPS) is 17.0. The molecule has 21 heavy (non-hydrogen) atoms. The summed E-state index contributed by atoms with van der Waals surface area (Å²) in [6.45, 7) is 8.71. The van der Waals surface area contributed by atoms with Crippen LogP contribution in [0.3, 0.4) is 0 Å². The van der Waals surface area contributed by atoms with E-state index in [1.807, 2.05) is 24.9 Å².